The van der Waals surface area contributed by atoms with Crippen molar-refractivity contribution in [1.29, 1.82) is 0 Å². The molecule has 2 aliphatic heterocycles. The number of ether oxygens (including phenoxy) is 1. The standard InChI is InChI=1S/C23H27N5O3/c1-15-6-8-17(9-7-15)22-20(27-12-4-5-21(27)29)14-28(26-22)23(30)25-16(2)19-11-10-18(31-3)13-24-19/h6-11,13,16,20H,4-5,12,14H2,1-3H3,(H,25,30)/t16-,20-/m1/s1. The van der Waals surface area contributed by atoms with Crippen molar-refractivity contribution in [3.05, 3.63) is 59.4 Å². The first-order chi connectivity index (χ1) is 15.0. The van der Waals surface area contributed by atoms with Crippen molar-refractivity contribution in [2.24, 2.45) is 5.10 Å². The van der Waals surface area contributed by atoms with Gasteiger partial charge in [0.15, 0.2) is 0 Å². The Bertz CT molecular complexity index is 987. The van der Waals surface area contributed by atoms with E-state index in [1.165, 1.54) is 5.01 Å². The lowest BCUT2D eigenvalue weighted by atomic mass is 10.0. The number of nitrogens with one attached hydrogen (secondary N) is 1. The summed E-state index contributed by atoms with van der Waals surface area (Å²) in [6, 6.07) is 10.8. The molecule has 1 fully saturated rings. The van der Waals surface area contributed by atoms with E-state index >= 15 is 0 Å². The summed E-state index contributed by atoms with van der Waals surface area (Å²) in [5.41, 5.74) is 3.55. The second kappa shape index (κ2) is 8.75. The number of aryl methyl sites for hydroxylation is 1. The van der Waals surface area contributed by atoms with Crippen molar-refractivity contribution in [1.82, 2.24) is 20.2 Å². The van der Waals surface area contributed by atoms with E-state index in [2.05, 4.69) is 15.4 Å². The number of pyridine rings is 1. The number of amides is 3. The Morgan fingerprint density at radius 3 is 2.61 bits per heavy atom. The number of hydrogen-bond donors (Lipinski definition) is 1. The zero-order valence-electron chi connectivity index (χ0n) is 18.0. The largest absolute Gasteiger partial charge is 0.495 e. The van der Waals surface area contributed by atoms with Gasteiger partial charge in [0.05, 0.1) is 43.3 Å². The molecule has 2 aliphatic rings. The molecule has 0 saturated carbocycles. The minimum absolute atomic E-state index is 0.114. The number of likely N-dealkylation sites (tertiary alicyclic amines) is 1. The molecular weight excluding hydrogens is 394 g/mol. The Kier molecular flexibility index (Phi) is 5.88. The van der Waals surface area contributed by atoms with Gasteiger partial charge >= 0.3 is 6.03 Å². The Labute approximate surface area is 181 Å². The van der Waals surface area contributed by atoms with Crippen LogP contribution in [0.25, 0.3) is 0 Å². The van der Waals surface area contributed by atoms with Crippen molar-refractivity contribution >= 4 is 17.6 Å². The van der Waals surface area contributed by atoms with Crippen LogP contribution in [0.1, 0.15) is 42.6 Å². The van der Waals surface area contributed by atoms with Crippen molar-refractivity contribution in [3.8, 4) is 5.75 Å². The van der Waals surface area contributed by atoms with Crippen molar-refractivity contribution in [2.75, 3.05) is 20.2 Å². The van der Waals surface area contributed by atoms with Gasteiger partial charge < -0.3 is 15.0 Å². The van der Waals surface area contributed by atoms with Gasteiger partial charge in [-0.15, -0.1) is 0 Å². The minimum atomic E-state index is -0.316. The number of nitrogens with zero attached hydrogens (tertiary/aromatic N) is 4. The van der Waals surface area contributed by atoms with Crippen LogP contribution < -0.4 is 10.1 Å². The number of carbonyl (C=O) groups excluding carboxylic acids is 2. The number of urea groups is 1. The first-order valence-corrected chi connectivity index (χ1v) is 10.5. The maximum atomic E-state index is 13.0. The summed E-state index contributed by atoms with van der Waals surface area (Å²) in [6.07, 6.45) is 3.00. The van der Waals surface area contributed by atoms with Gasteiger partial charge in [-0.3, -0.25) is 9.78 Å². The Morgan fingerprint density at radius 2 is 2.00 bits per heavy atom. The molecule has 0 radical (unpaired) electrons. The first-order valence-electron chi connectivity index (χ1n) is 10.5. The monoisotopic (exact) mass is 421 g/mol. The third-order valence-electron chi connectivity index (χ3n) is 5.74. The van der Waals surface area contributed by atoms with E-state index in [1.807, 2.05) is 55.1 Å². The molecule has 0 spiro atoms. The van der Waals surface area contributed by atoms with Gasteiger partial charge in [0.1, 0.15) is 5.75 Å². The molecule has 8 heteroatoms. The highest BCUT2D eigenvalue weighted by Gasteiger charge is 2.39. The van der Waals surface area contributed by atoms with Gasteiger partial charge in [0, 0.05) is 13.0 Å². The highest BCUT2D eigenvalue weighted by molar-refractivity contribution is 6.08. The van der Waals surface area contributed by atoms with Crippen molar-refractivity contribution < 1.29 is 14.3 Å². The SMILES string of the molecule is COc1ccc([C@@H](C)NC(=O)N2C[C@@H](N3CCCC3=O)C(c3ccc(C)cc3)=N2)nc1. The summed E-state index contributed by atoms with van der Waals surface area (Å²) in [4.78, 5) is 31.6. The van der Waals surface area contributed by atoms with E-state index in [-0.39, 0.29) is 24.0 Å². The van der Waals surface area contributed by atoms with Crippen LogP contribution in [0, 0.1) is 6.92 Å². The summed E-state index contributed by atoms with van der Waals surface area (Å²) in [7, 11) is 1.58. The van der Waals surface area contributed by atoms with E-state index in [0.717, 1.165) is 29.0 Å². The smallest absolute Gasteiger partial charge is 0.338 e. The Hall–Kier alpha value is -3.42. The van der Waals surface area contributed by atoms with Crippen LogP contribution in [0.15, 0.2) is 47.7 Å². The third-order valence-corrected chi connectivity index (χ3v) is 5.74. The molecule has 1 aromatic heterocycles. The van der Waals surface area contributed by atoms with E-state index in [1.54, 1.807) is 13.3 Å². The number of aromatic nitrogens is 1. The molecule has 0 aliphatic carbocycles. The molecule has 2 atom stereocenters. The lowest BCUT2D eigenvalue weighted by Gasteiger charge is -2.25. The fourth-order valence-corrected chi connectivity index (χ4v) is 3.94. The Morgan fingerprint density at radius 1 is 1.23 bits per heavy atom. The predicted molar refractivity (Wildman–Crippen MR) is 117 cm³/mol. The average molecular weight is 422 g/mol. The molecule has 3 amide bonds. The third kappa shape index (κ3) is 4.38. The van der Waals surface area contributed by atoms with Gasteiger partial charge in [-0.05, 0) is 38.0 Å². The van der Waals surface area contributed by atoms with E-state index in [9.17, 15) is 9.59 Å². The molecule has 0 unspecified atom stereocenters. The summed E-state index contributed by atoms with van der Waals surface area (Å²) in [6.45, 7) is 4.92. The fourth-order valence-electron chi connectivity index (χ4n) is 3.94. The highest BCUT2D eigenvalue weighted by atomic mass is 16.5. The number of benzene rings is 1. The van der Waals surface area contributed by atoms with Crippen molar-refractivity contribution in [3.63, 3.8) is 0 Å². The van der Waals surface area contributed by atoms with Crippen molar-refractivity contribution in [2.45, 2.75) is 38.8 Å². The molecule has 3 heterocycles. The lowest BCUT2D eigenvalue weighted by Crippen LogP contribution is -2.46. The molecule has 162 valence electrons. The summed E-state index contributed by atoms with van der Waals surface area (Å²) in [5, 5.41) is 9.00. The minimum Gasteiger partial charge on any atom is -0.495 e. The van der Waals surface area contributed by atoms with Gasteiger partial charge in [-0.2, -0.15) is 5.10 Å². The van der Waals surface area contributed by atoms with E-state index in [4.69, 9.17) is 4.74 Å². The maximum absolute atomic E-state index is 13.0. The average Bonchev–Trinajstić information content (AvgIpc) is 3.40. The van der Waals surface area contributed by atoms with Gasteiger partial charge in [-0.25, -0.2) is 9.80 Å². The maximum Gasteiger partial charge on any atom is 0.338 e. The topological polar surface area (TPSA) is 87.1 Å². The number of hydrazone groups is 1. The summed E-state index contributed by atoms with van der Waals surface area (Å²) < 4.78 is 5.13. The molecule has 0 bridgehead atoms. The zero-order chi connectivity index (χ0) is 22.0. The van der Waals surface area contributed by atoms with Gasteiger partial charge in [-0.1, -0.05) is 29.8 Å². The molecule has 2 aromatic rings. The van der Waals surface area contributed by atoms with E-state index in [0.29, 0.717) is 25.3 Å². The molecule has 31 heavy (non-hydrogen) atoms. The second-order valence-corrected chi connectivity index (χ2v) is 7.93. The zero-order valence-corrected chi connectivity index (χ0v) is 18.0. The van der Waals surface area contributed by atoms with Crippen LogP contribution in [0.4, 0.5) is 4.79 Å². The van der Waals surface area contributed by atoms with Gasteiger partial charge in [0.2, 0.25) is 5.91 Å². The predicted octanol–water partition coefficient (Wildman–Crippen LogP) is 2.88. The molecular formula is C23H27N5O3. The van der Waals surface area contributed by atoms with Crippen LogP contribution in [0.3, 0.4) is 0 Å². The molecule has 8 nitrogen and oxygen atoms in total. The summed E-state index contributed by atoms with van der Waals surface area (Å²) >= 11 is 0. The molecule has 1 N–H and O–H groups in total. The number of hydrogen-bond acceptors (Lipinski definition) is 5. The summed E-state index contributed by atoms with van der Waals surface area (Å²) in [5.74, 6) is 0.773. The van der Waals surface area contributed by atoms with Crippen LogP contribution in [0.5, 0.6) is 5.75 Å². The number of methoxy groups -OCH3 is 1. The van der Waals surface area contributed by atoms with Crippen LogP contribution in [-0.2, 0) is 4.79 Å². The lowest BCUT2D eigenvalue weighted by molar-refractivity contribution is -0.128. The normalized spacial score (nSPS) is 19.4. The van der Waals surface area contributed by atoms with Crippen LogP contribution >= 0.6 is 0 Å². The van der Waals surface area contributed by atoms with Gasteiger partial charge in [0.25, 0.3) is 0 Å². The molecule has 4 rings (SSSR count). The highest BCUT2D eigenvalue weighted by Crippen LogP contribution is 2.24. The quantitative estimate of drug-likeness (QED) is 0.804. The van der Waals surface area contributed by atoms with Crippen LogP contribution in [-0.4, -0.2) is 58.8 Å². The Balaban J connectivity index is 1.53. The second-order valence-electron chi connectivity index (χ2n) is 7.93. The van der Waals surface area contributed by atoms with E-state index < -0.39 is 0 Å². The fraction of sp³-hybridized carbons (Fsp3) is 0.391. The molecule has 1 aromatic carbocycles. The number of carbonyl (C=O) groups is 2. The first kappa shape index (κ1) is 20.8. The number of rotatable bonds is 5. The van der Waals surface area contributed by atoms with Crippen LogP contribution in [0.2, 0.25) is 0 Å². The molecule has 1 saturated heterocycles.